The van der Waals surface area contributed by atoms with Crippen LogP contribution in [0.15, 0.2) is 53.7 Å². The molecule has 0 fully saturated rings. The zero-order chi connectivity index (χ0) is 21.5. The predicted molar refractivity (Wildman–Crippen MR) is 111 cm³/mol. The van der Waals surface area contributed by atoms with Crippen molar-refractivity contribution in [1.29, 1.82) is 0 Å². The third-order valence-corrected chi connectivity index (χ3v) is 5.07. The normalized spacial score (nSPS) is 10.5. The lowest BCUT2D eigenvalue weighted by molar-refractivity contribution is -0.384. The summed E-state index contributed by atoms with van der Waals surface area (Å²) in [5.74, 6) is 1.89. The fourth-order valence-electron chi connectivity index (χ4n) is 2.41. The molecule has 0 unspecified atom stereocenters. The molecule has 0 aliphatic heterocycles. The van der Waals surface area contributed by atoms with Crippen molar-refractivity contribution in [2.24, 2.45) is 7.05 Å². The highest BCUT2D eigenvalue weighted by Crippen LogP contribution is 2.20. The van der Waals surface area contributed by atoms with Crippen LogP contribution >= 0.6 is 11.8 Å². The van der Waals surface area contributed by atoms with E-state index in [4.69, 9.17) is 9.47 Å². The molecule has 156 valence electrons. The zero-order valence-electron chi connectivity index (χ0n) is 16.3. The standard InChI is InChI=1S/C19H19N5O5S/c1-23-17(11-29-16-9-7-15(28-2)8-10-16)21-22-19(23)30-12-18(25)20-13-3-5-14(6-4-13)24(26)27/h3-10H,11-12H2,1-2H3,(H,20,25). The van der Waals surface area contributed by atoms with Crippen LogP contribution < -0.4 is 14.8 Å². The number of nitro benzene ring substituents is 1. The Morgan fingerprint density at radius 1 is 1.13 bits per heavy atom. The highest BCUT2D eigenvalue weighted by atomic mass is 32.2. The molecule has 3 aromatic rings. The molecular formula is C19H19N5O5S. The van der Waals surface area contributed by atoms with Crippen molar-refractivity contribution in [2.45, 2.75) is 11.8 Å². The number of nitro groups is 1. The Hall–Kier alpha value is -3.60. The molecule has 0 aliphatic rings. The van der Waals surface area contributed by atoms with E-state index in [0.29, 0.717) is 22.4 Å². The Labute approximate surface area is 176 Å². The van der Waals surface area contributed by atoms with E-state index in [1.165, 1.54) is 36.0 Å². The summed E-state index contributed by atoms with van der Waals surface area (Å²) < 4.78 is 12.6. The maximum Gasteiger partial charge on any atom is 0.269 e. The van der Waals surface area contributed by atoms with Gasteiger partial charge in [0.2, 0.25) is 5.91 Å². The fourth-order valence-corrected chi connectivity index (χ4v) is 3.14. The Balaban J connectivity index is 1.50. The number of methoxy groups -OCH3 is 1. The van der Waals surface area contributed by atoms with Gasteiger partial charge in [-0.25, -0.2) is 0 Å². The molecule has 1 amide bonds. The van der Waals surface area contributed by atoms with E-state index >= 15 is 0 Å². The molecular weight excluding hydrogens is 410 g/mol. The van der Waals surface area contributed by atoms with Gasteiger partial charge >= 0.3 is 0 Å². The smallest absolute Gasteiger partial charge is 0.269 e. The molecule has 0 saturated carbocycles. The first-order valence-corrected chi connectivity index (χ1v) is 9.77. The lowest BCUT2D eigenvalue weighted by Crippen LogP contribution is -2.14. The van der Waals surface area contributed by atoms with Gasteiger partial charge in [0.05, 0.1) is 17.8 Å². The lowest BCUT2D eigenvalue weighted by Gasteiger charge is -2.07. The van der Waals surface area contributed by atoms with Crippen LogP contribution in [0.1, 0.15) is 5.82 Å². The number of thioether (sulfide) groups is 1. The van der Waals surface area contributed by atoms with E-state index in [0.717, 1.165) is 5.75 Å². The molecule has 0 bridgehead atoms. The van der Waals surface area contributed by atoms with Crippen molar-refractivity contribution in [3.63, 3.8) is 0 Å². The molecule has 0 aliphatic carbocycles. The Kier molecular flexibility index (Phi) is 6.86. The van der Waals surface area contributed by atoms with Crippen LogP contribution in [0.4, 0.5) is 11.4 Å². The lowest BCUT2D eigenvalue weighted by atomic mass is 10.3. The minimum absolute atomic E-state index is 0.0363. The fraction of sp³-hybridized carbons (Fsp3) is 0.211. The SMILES string of the molecule is COc1ccc(OCc2nnc(SCC(=O)Nc3ccc([N+](=O)[O-])cc3)n2C)cc1. The second-order valence-electron chi connectivity index (χ2n) is 6.06. The monoisotopic (exact) mass is 429 g/mol. The summed E-state index contributed by atoms with van der Waals surface area (Å²) in [6.07, 6.45) is 0. The van der Waals surface area contributed by atoms with Gasteiger partial charge in [0, 0.05) is 24.9 Å². The molecule has 0 radical (unpaired) electrons. The number of nitrogens with zero attached hydrogens (tertiary/aromatic N) is 4. The zero-order valence-corrected chi connectivity index (χ0v) is 17.1. The average Bonchev–Trinajstić information content (AvgIpc) is 3.11. The minimum Gasteiger partial charge on any atom is -0.497 e. The molecule has 2 aromatic carbocycles. The predicted octanol–water partition coefficient (Wildman–Crippen LogP) is 3.04. The largest absolute Gasteiger partial charge is 0.497 e. The van der Waals surface area contributed by atoms with Gasteiger partial charge in [-0.3, -0.25) is 14.9 Å². The van der Waals surface area contributed by atoms with Crippen molar-refractivity contribution in [1.82, 2.24) is 14.8 Å². The van der Waals surface area contributed by atoms with E-state index in [1.807, 2.05) is 0 Å². The van der Waals surface area contributed by atoms with E-state index < -0.39 is 4.92 Å². The van der Waals surface area contributed by atoms with Crippen molar-refractivity contribution in [3.05, 3.63) is 64.5 Å². The van der Waals surface area contributed by atoms with Crippen LogP contribution in [0, 0.1) is 10.1 Å². The highest BCUT2D eigenvalue weighted by Gasteiger charge is 2.13. The number of non-ortho nitro benzene ring substituents is 1. The van der Waals surface area contributed by atoms with Gasteiger partial charge in [0.15, 0.2) is 11.0 Å². The van der Waals surface area contributed by atoms with E-state index in [1.54, 1.807) is 43.0 Å². The molecule has 1 heterocycles. The number of carbonyl (C=O) groups excluding carboxylic acids is 1. The molecule has 0 saturated heterocycles. The number of benzene rings is 2. The first-order valence-electron chi connectivity index (χ1n) is 8.78. The van der Waals surface area contributed by atoms with Crippen LogP contribution in [0.25, 0.3) is 0 Å². The first-order chi connectivity index (χ1) is 14.5. The van der Waals surface area contributed by atoms with Gasteiger partial charge < -0.3 is 19.4 Å². The molecule has 1 aromatic heterocycles. The topological polar surface area (TPSA) is 121 Å². The van der Waals surface area contributed by atoms with E-state index in [-0.39, 0.29) is 24.0 Å². The second-order valence-corrected chi connectivity index (χ2v) is 7.01. The number of carbonyl (C=O) groups is 1. The van der Waals surface area contributed by atoms with E-state index in [2.05, 4.69) is 15.5 Å². The van der Waals surface area contributed by atoms with Crippen molar-refractivity contribution in [3.8, 4) is 11.5 Å². The van der Waals surface area contributed by atoms with Crippen LogP contribution in [0.3, 0.4) is 0 Å². The van der Waals surface area contributed by atoms with Gasteiger partial charge in [0.25, 0.3) is 5.69 Å². The van der Waals surface area contributed by atoms with Crippen LogP contribution in [0.5, 0.6) is 11.5 Å². The van der Waals surface area contributed by atoms with Crippen LogP contribution in [-0.2, 0) is 18.4 Å². The molecule has 10 nitrogen and oxygen atoms in total. The summed E-state index contributed by atoms with van der Waals surface area (Å²) in [4.78, 5) is 22.3. The summed E-state index contributed by atoms with van der Waals surface area (Å²) in [5.41, 5.74) is 0.448. The number of anilines is 1. The first kappa shape index (κ1) is 21.1. The molecule has 30 heavy (non-hydrogen) atoms. The minimum atomic E-state index is -0.495. The quantitative estimate of drug-likeness (QED) is 0.313. The molecule has 0 atom stereocenters. The second kappa shape index (κ2) is 9.74. The van der Waals surface area contributed by atoms with Crippen molar-refractivity contribution < 1.29 is 19.2 Å². The van der Waals surface area contributed by atoms with Crippen LogP contribution in [0.2, 0.25) is 0 Å². The third-order valence-electron chi connectivity index (χ3n) is 4.05. The Morgan fingerprint density at radius 2 is 1.80 bits per heavy atom. The van der Waals surface area contributed by atoms with Crippen LogP contribution in [-0.4, -0.2) is 38.5 Å². The number of nitrogens with one attached hydrogen (secondary N) is 1. The Morgan fingerprint density at radius 3 is 2.43 bits per heavy atom. The molecule has 1 N–H and O–H groups in total. The maximum absolute atomic E-state index is 12.1. The number of aromatic nitrogens is 3. The number of hydrogen-bond donors (Lipinski definition) is 1. The molecule has 0 spiro atoms. The van der Waals surface area contributed by atoms with Gasteiger partial charge in [-0.15, -0.1) is 10.2 Å². The molecule has 11 heteroatoms. The summed E-state index contributed by atoms with van der Waals surface area (Å²) in [5, 5.41) is 22.1. The summed E-state index contributed by atoms with van der Waals surface area (Å²) >= 11 is 1.23. The van der Waals surface area contributed by atoms with Gasteiger partial charge in [-0.2, -0.15) is 0 Å². The number of hydrogen-bond acceptors (Lipinski definition) is 8. The van der Waals surface area contributed by atoms with Gasteiger partial charge in [-0.1, -0.05) is 11.8 Å². The third kappa shape index (κ3) is 5.47. The number of amides is 1. The van der Waals surface area contributed by atoms with E-state index in [9.17, 15) is 14.9 Å². The van der Waals surface area contributed by atoms with Crippen molar-refractivity contribution >= 4 is 29.0 Å². The summed E-state index contributed by atoms with van der Waals surface area (Å²) in [6.45, 7) is 0.228. The highest BCUT2D eigenvalue weighted by molar-refractivity contribution is 7.99. The maximum atomic E-state index is 12.1. The van der Waals surface area contributed by atoms with Gasteiger partial charge in [0.1, 0.15) is 18.1 Å². The number of rotatable bonds is 9. The van der Waals surface area contributed by atoms with Gasteiger partial charge in [-0.05, 0) is 36.4 Å². The summed E-state index contributed by atoms with van der Waals surface area (Å²) in [7, 11) is 3.39. The van der Waals surface area contributed by atoms with Crippen molar-refractivity contribution in [2.75, 3.05) is 18.2 Å². The summed E-state index contributed by atoms with van der Waals surface area (Å²) in [6, 6.07) is 12.8. The Bertz CT molecular complexity index is 1020. The average molecular weight is 429 g/mol. The molecule has 3 rings (SSSR count). The number of ether oxygens (including phenoxy) is 2.